The summed E-state index contributed by atoms with van der Waals surface area (Å²) < 4.78 is 7.86. The smallest absolute Gasteiger partial charge is 0.172 e. The summed E-state index contributed by atoms with van der Waals surface area (Å²) >= 11 is 0. The quantitative estimate of drug-likeness (QED) is 0.565. The van der Waals surface area contributed by atoms with E-state index in [-0.39, 0.29) is 5.16 Å². The molecule has 1 aliphatic rings. The predicted molar refractivity (Wildman–Crippen MR) is 49.5 cm³/mol. The summed E-state index contributed by atoms with van der Waals surface area (Å²) in [7, 11) is 3.69. The molecule has 11 heavy (non-hydrogen) atoms. The van der Waals surface area contributed by atoms with Crippen molar-refractivity contribution in [2.45, 2.75) is 25.9 Å². The average molecular weight is 173 g/mol. The molecule has 3 heteroatoms. The van der Waals surface area contributed by atoms with Gasteiger partial charge in [0.15, 0.2) is 8.30 Å². The van der Waals surface area contributed by atoms with E-state index < -0.39 is 8.30 Å². The molecule has 1 atom stereocenters. The topological polar surface area (TPSA) is 12.5 Å². The monoisotopic (exact) mass is 173 g/mol. The first-order valence-electron chi connectivity index (χ1n) is 3.78. The van der Waals surface area contributed by atoms with Crippen molar-refractivity contribution < 1.29 is 4.52 Å². The van der Waals surface area contributed by atoms with Crippen LogP contribution in [0, 0.1) is 0 Å². The van der Waals surface area contributed by atoms with Crippen molar-refractivity contribution >= 4 is 8.30 Å². The summed E-state index contributed by atoms with van der Waals surface area (Å²) in [6.45, 7) is 6.46. The first-order valence-corrected chi connectivity index (χ1v) is 4.99. The van der Waals surface area contributed by atoms with Crippen molar-refractivity contribution in [1.29, 1.82) is 0 Å². The maximum atomic E-state index is 5.69. The highest BCUT2D eigenvalue weighted by Gasteiger charge is 2.37. The molecule has 0 aromatic heterocycles. The Labute approximate surface area is 70.1 Å². The third kappa shape index (κ3) is 1.74. The summed E-state index contributed by atoms with van der Waals surface area (Å²) in [6.07, 6.45) is 2.21. The Morgan fingerprint density at radius 2 is 2.00 bits per heavy atom. The van der Waals surface area contributed by atoms with Crippen LogP contribution in [0.25, 0.3) is 0 Å². The van der Waals surface area contributed by atoms with Gasteiger partial charge in [0.2, 0.25) is 0 Å². The van der Waals surface area contributed by atoms with Crippen LogP contribution in [0.2, 0.25) is 0 Å². The molecular weight excluding hydrogens is 157 g/mol. The van der Waals surface area contributed by atoms with E-state index in [4.69, 9.17) is 4.52 Å². The normalized spacial score (nSPS) is 28.5. The molecular formula is C8H16NOP. The van der Waals surface area contributed by atoms with Gasteiger partial charge >= 0.3 is 0 Å². The second-order valence-electron chi connectivity index (χ2n) is 3.62. The third-order valence-electron chi connectivity index (χ3n) is 1.64. The molecule has 1 rings (SSSR count). The lowest BCUT2D eigenvalue weighted by Gasteiger charge is -2.29. The van der Waals surface area contributed by atoms with Gasteiger partial charge < -0.3 is 4.52 Å². The molecule has 1 heterocycles. The molecule has 0 spiro atoms. The highest BCUT2D eigenvalue weighted by Crippen LogP contribution is 2.58. The number of allylic oxidation sites excluding steroid dienone is 2. The van der Waals surface area contributed by atoms with Crippen LogP contribution < -0.4 is 0 Å². The number of nitrogens with zero attached hydrogens (tertiary/aromatic N) is 1. The van der Waals surface area contributed by atoms with Gasteiger partial charge in [-0.15, -0.1) is 0 Å². The second kappa shape index (κ2) is 2.76. The van der Waals surface area contributed by atoms with Crippen molar-refractivity contribution in [3.05, 3.63) is 11.8 Å². The summed E-state index contributed by atoms with van der Waals surface area (Å²) in [5.74, 6) is 1.06. The molecule has 0 saturated heterocycles. The molecule has 0 N–H and O–H groups in total. The molecule has 0 saturated carbocycles. The van der Waals surface area contributed by atoms with Crippen LogP contribution in [-0.4, -0.2) is 23.9 Å². The van der Waals surface area contributed by atoms with E-state index in [1.54, 1.807) is 0 Å². The van der Waals surface area contributed by atoms with Gasteiger partial charge in [-0.1, -0.05) is 0 Å². The minimum Gasteiger partial charge on any atom is -0.462 e. The van der Waals surface area contributed by atoms with Gasteiger partial charge in [-0.2, -0.15) is 0 Å². The van der Waals surface area contributed by atoms with Gasteiger partial charge in [-0.25, -0.2) is 0 Å². The van der Waals surface area contributed by atoms with Crippen LogP contribution in [0.15, 0.2) is 11.8 Å². The molecule has 0 fully saturated rings. The fourth-order valence-electron chi connectivity index (χ4n) is 1.43. The van der Waals surface area contributed by atoms with Crippen LogP contribution in [0.1, 0.15) is 20.8 Å². The zero-order chi connectivity index (χ0) is 8.65. The van der Waals surface area contributed by atoms with Crippen molar-refractivity contribution in [3.8, 4) is 0 Å². The Morgan fingerprint density at radius 1 is 1.45 bits per heavy atom. The lowest BCUT2D eigenvalue weighted by Crippen LogP contribution is -2.19. The van der Waals surface area contributed by atoms with Crippen LogP contribution in [-0.2, 0) is 4.52 Å². The number of rotatable bonds is 1. The maximum Gasteiger partial charge on any atom is 0.172 e. The molecule has 0 bridgehead atoms. The van der Waals surface area contributed by atoms with Gasteiger partial charge in [0.1, 0.15) is 0 Å². The fraction of sp³-hybridized carbons (Fsp3) is 0.750. The van der Waals surface area contributed by atoms with Crippen LogP contribution in [0.3, 0.4) is 0 Å². The second-order valence-corrected chi connectivity index (χ2v) is 6.30. The number of hydrogen-bond donors (Lipinski definition) is 0. The van der Waals surface area contributed by atoms with E-state index in [0.717, 1.165) is 5.76 Å². The van der Waals surface area contributed by atoms with E-state index in [0.29, 0.717) is 0 Å². The Balaban J connectivity index is 2.76. The Bertz CT molecular complexity index is 187. The van der Waals surface area contributed by atoms with Crippen molar-refractivity contribution in [2.75, 3.05) is 14.1 Å². The molecule has 1 unspecified atom stereocenters. The van der Waals surface area contributed by atoms with Crippen molar-refractivity contribution in [1.82, 2.24) is 4.67 Å². The largest absolute Gasteiger partial charge is 0.462 e. The molecule has 0 aromatic rings. The van der Waals surface area contributed by atoms with Crippen LogP contribution in [0.5, 0.6) is 0 Å². The highest BCUT2D eigenvalue weighted by molar-refractivity contribution is 7.52. The first-order chi connectivity index (χ1) is 4.93. The van der Waals surface area contributed by atoms with E-state index in [1.807, 2.05) is 6.92 Å². The zero-order valence-electron chi connectivity index (χ0n) is 7.88. The van der Waals surface area contributed by atoms with E-state index in [2.05, 4.69) is 38.7 Å². The van der Waals surface area contributed by atoms with Gasteiger partial charge in [-0.3, -0.25) is 4.67 Å². The molecule has 1 aliphatic heterocycles. The molecule has 64 valence electrons. The van der Waals surface area contributed by atoms with E-state index in [1.165, 1.54) is 0 Å². The van der Waals surface area contributed by atoms with E-state index in [9.17, 15) is 0 Å². The lowest BCUT2D eigenvalue weighted by atomic mass is 10.2. The highest BCUT2D eigenvalue weighted by atomic mass is 31.2. The average Bonchev–Trinajstić information content (AvgIpc) is 2.04. The van der Waals surface area contributed by atoms with E-state index >= 15 is 0 Å². The molecule has 0 amide bonds. The molecule has 0 radical (unpaired) electrons. The summed E-state index contributed by atoms with van der Waals surface area (Å²) in [4.78, 5) is 0. The van der Waals surface area contributed by atoms with Gasteiger partial charge in [0, 0.05) is 0 Å². The first kappa shape index (κ1) is 9.02. The standard InChI is InChI=1S/C8H16NOP/c1-7-6-8(2,3)11(10-7)9(4)5/h6H,1-5H3. The van der Waals surface area contributed by atoms with Gasteiger partial charge in [-0.05, 0) is 40.9 Å². The summed E-state index contributed by atoms with van der Waals surface area (Å²) in [5.41, 5.74) is 0. The fourth-order valence-corrected chi connectivity index (χ4v) is 3.48. The summed E-state index contributed by atoms with van der Waals surface area (Å²) in [5, 5.41) is 0.211. The molecule has 2 nitrogen and oxygen atoms in total. The van der Waals surface area contributed by atoms with Gasteiger partial charge in [0.05, 0.1) is 10.9 Å². The number of hydrogen-bond acceptors (Lipinski definition) is 2. The lowest BCUT2D eigenvalue weighted by molar-refractivity contribution is 0.438. The van der Waals surface area contributed by atoms with Gasteiger partial charge in [0.25, 0.3) is 0 Å². The van der Waals surface area contributed by atoms with Crippen LogP contribution >= 0.6 is 8.30 Å². The Hall–Kier alpha value is -0.0700. The molecule has 0 aliphatic carbocycles. The van der Waals surface area contributed by atoms with Crippen molar-refractivity contribution in [2.24, 2.45) is 0 Å². The van der Waals surface area contributed by atoms with Crippen molar-refractivity contribution in [3.63, 3.8) is 0 Å². The van der Waals surface area contributed by atoms with Crippen LogP contribution in [0.4, 0.5) is 0 Å². The molecule has 0 aromatic carbocycles. The Kier molecular flexibility index (Phi) is 2.27. The Morgan fingerprint density at radius 3 is 2.18 bits per heavy atom. The SMILES string of the molecule is CC1=CC(C)(C)P(N(C)C)O1. The zero-order valence-corrected chi connectivity index (χ0v) is 8.77. The summed E-state index contributed by atoms with van der Waals surface area (Å²) in [6, 6.07) is 0. The predicted octanol–water partition coefficient (Wildman–Crippen LogP) is 2.57. The third-order valence-corrected chi connectivity index (χ3v) is 3.95. The minimum atomic E-state index is -0.446. The minimum absolute atomic E-state index is 0.211. The maximum absolute atomic E-state index is 5.69.